The Bertz CT molecular complexity index is 1350. The molecule has 0 atom stereocenters. The van der Waals surface area contributed by atoms with E-state index in [2.05, 4.69) is 25.6 Å². The smallest absolute Gasteiger partial charge is 0.248 e. The third kappa shape index (κ3) is 5.86. The molecule has 2 amide bonds. The molecule has 4 rings (SSSR count). The standard InChI is InChI=1S/C27H26N6O2/c1-17-18(2)24(27(28)35)7-6-23(17)21-5-8-25(31-15-21)33-22-10-20(13-30-16-22)11-26(34)32-14-19-4-3-9-29-12-19/h3-10,12-13,15-16H,11,14H2,1-2H3,(H2,28,35)(H,31,33)(H,32,34). The summed E-state index contributed by atoms with van der Waals surface area (Å²) in [5.41, 5.74) is 12.2. The third-order valence-electron chi connectivity index (χ3n) is 5.77. The second-order valence-electron chi connectivity index (χ2n) is 8.23. The first-order valence-corrected chi connectivity index (χ1v) is 11.1. The average Bonchev–Trinajstić information content (AvgIpc) is 2.86. The fourth-order valence-corrected chi connectivity index (χ4v) is 3.78. The minimum absolute atomic E-state index is 0.0942. The van der Waals surface area contributed by atoms with Crippen molar-refractivity contribution in [3.63, 3.8) is 0 Å². The highest BCUT2D eigenvalue weighted by Crippen LogP contribution is 2.28. The monoisotopic (exact) mass is 466 g/mol. The highest BCUT2D eigenvalue weighted by molar-refractivity contribution is 5.95. The van der Waals surface area contributed by atoms with Crippen LogP contribution in [0.15, 0.2) is 73.4 Å². The number of anilines is 2. The van der Waals surface area contributed by atoms with Crippen LogP contribution in [0, 0.1) is 13.8 Å². The van der Waals surface area contributed by atoms with Crippen LogP contribution in [0.25, 0.3) is 11.1 Å². The Morgan fingerprint density at radius 3 is 2.46 bits per heavy atom. The van der Waals surface area contributed by atoms with Crippen molar-refractivity contribution in [1.29, 1.82) is 0 Å². The van der Waals surface area contributed by atoms with E-state index in [4.69, 9.17) is 5.73 Å². The van der Waals surface area contributed by atoms with Crippen molar-refractivity contribution in [3.8, 4) is 11.1 Å². The summed E-state index contributed by atoms with van der Waals surface area (Å²) in [7, 11) is 0. The number of pyridine rings is 3. The van der Waals surface area contributed by atoms with E-state index < -0.39 is 5.91 Å². The first-order chi connectivity index (χ1) is 16.9. The summed E-state index contributed by atoms with van der Waals surface area (Å²) >= 11 is 0. The van der Waals surface area contributed by atoms with Crippen LogP contribution >= 0.6 is 0 Å². The minimum Gasteiger partial charge on any atom is -0.366 e. The molecule has 4 N–H and O–H groups in total. The number of nitrogens with zero attached hydrogens (tertiary/aromatic N) is 3. The first kappa shape index (κ1) is 23.6. The quantitative estimate of drug-likeness (QED) is 0.362. The van der Waals surface area contributed by atoms with E-state index in [1.165, 1.54) is 0 Å². The van der Waals surface area contributed by atoms with Gasteiger partial charge in [0.15, 0.2) is 0 Å². The van der Waals surface area contributed by atoms with Gasteiger partial charge in [-0.3, -0.25) is 19.6 Å². The van der Waals surface area contributed by atoms with Gasteiger partial charge in [-0.05, 0) is 72.0 Å². The predicted molar refractivity (Wildman–Crippen MR) is 135 cm³/mol. The molecule has 3 aromatic heterocycles. The Morgan fingerprint density at radius 2 is 1.74 bits per heavy atom. The van der Waals surface area contributed by atoms with E-state index in [9.17, 15) is 9.59 Å². The van der Waals surface area contributed by atoms with E-state index >= 15 is 0 Å². The maximum absolute atomic E-state index is 12.3. The second kappa shape index (κ2) is 10.6. The number of hydrogen-bond acceptors (Lipinski definition) is 6. The van der Waals surface area contributed by atoms with Gasteiger partial charge in [0.2, 0.25) is 11.8 Å². The average molecular weight is 467 g/mol. The number of nitrogens with one attached hydrogen (secondary N) is 2. The van der Waals surface area contributed by atoms with Crippen LogP contribution in [0.5, 0.6) is 0 Å². The molecule has 4 aromatic rings. The van der Waals surface area contributed by atoms with Crippen molar-refractivity contribution in [2.75, 3.05) is 5.32 Å². The third-order valence-corrected chi connectivity index (χ3v) is 5.77. The molecular weight excluding hydrogens is 440 g/mol. The van der Waals surface area contributed by atoms with Gasteiger partial charge in [-0.15, -0.1) is 0 Å². The fraction of sp³-hybridized carbons (Fsp3) is 0.148. The van der Waals surface area contributed by atoms with Gasteiger partial charge >= 0.3 is 0 Å². The molecule has 0 unspecified atom stereocenters. The number of rotatable bonds is 8. The highest BCUT2D eigenvalue weighted by atomic mass is 16.1. The van der Waals surface area contributed by atoms with Gasteiger partial charge in [0.25, 0.3) is 0 Å². The van der Waals surface area contributed by atoms with Crippen LogP contribution in [0.2, 0.25) is 0 Å². The van der Waals surface area contributed by atoms with Crippen molar-refractivity contribution < 1.29 is 9.59 Å². The van der Waals surface area contributed by atoms with E-state index in [1.54, 1.807) is 37.1 Å². The molecule has 0 aliphatic heterocycles. The molecule has 176 valence electrons. The number of carbonyl (C=O) groups is 2. The summed E-state index contributed by atoms with van der Waals surface area (Å²) in [6, 6.07) is 13.1. The molecule has 0 fully saturated rings. The van der Waals surface area contributed by atoms with Crippen LogP contribution in [-0.2, 0) is 17.8 Å². The molecule has 1 aromatic carbocycles. The normalized spacial score (nSPS) is 10.6. The number of aromatic nitrogens is 3. The van der Waals surface area contributed by atoms with Gasteiger partial charge in [-0.2, -0.15) is 0 Å². The summed E-state index contributed by atoms with van der Waals surface area (Å²) in [5.74, 6) is 0.122. The summed E-state index contributed by atoms with van der Waals surface area (Å²) in [4.78, 5) is 36.7. The largest absolute Gasteiger partial charge is 0.366 e. The Balaban J connectivity index is 1.40. The molecule has 3 heterocycles. The van der Waals surface area contributed by atoms with Crippen molar-refractivity contribution >= 4 is 23.3 Å². The van der Waals surface area contributed by atoms with Crippen LogP contribution < -0.4 is 16.4 Å². The lowest BCUT2D eigenvalue weighted by Crippen LogP contribution is -2.24. The van der Waals surface area contributed by atoms with Gasteiger partial charge in [-0.1, -0.05) is 12.1 Å². The SMILES string of the molecule is Cc1c(C(N)=O)ccc(-c2ccc(Nc3cncc(CC(=O)NCc4cccnc4)c3)nc2)c1C. The van der Waals surface area contributed by atoms with Crippen molar-refractivity contribution in [2.45, 2.75) is 26.8 Å². The summed E-state index contributed by atoms with van der Waals surface area (Å²) in [5, 5.41) is 6.12. The van der Waals surface area contributed by atoms with Gasteiger partial charge < -0.3 is 16.4 Å². The zero-order valence-electron chi connectivity index (χ0n) is 19.6. The predicted octanol–water partition coefficient (Wildman–Crippen LogP) is 3.86. The molecule has 0 radical (unpaired) electrons. The van der Waals surface area contributed by atoms with E-state index in [0.29, 0.717) is 17.9 Å². The first-order valence-electron chi connectivity index (χ1n) is 11.1. The lowest BCUT2D eigenvalue weighted by atomic mass is 9.94. The van der Waals surface area contributed by atoms with Crippen LogP contribution in [-0.4, -0.2) is 26.8 Å². The van der Waals surface area contributed by atoms with Gasteiger partial charge in [-0.25, -0.2) is 4.98 Å². The van der Waals surface area contributed by atoms with Gasteiger partial charge in [0.1, 0.15) is 5.82 Å². The molecule has 0 aliphatic carbocycles. The van der Waals surface area contributed by atoms with Crippen molar-refractivity contribution in [2.24, 2.45) is 5.73 Å². The van der Waals surface area contributed by atoms with Gasteiger partial charge in [0.05, 0.1) is 18.3 Å². The summed E-state index contributed by atoms with van der Waals surface area (Å²) in [6.45, 7) is 4.29. The van der Waals surface area contributed by atoms with Crippen molar-refractivity contribution in [3.05, 3.63) is 101 Å². The molecule has 8 heteroatoms. The molecule has 0 spiro atoms. The van der Waals surface area contributed by atoms with Crippen molar-refractivity contribution in [1.82, 2.24) is 20.3 Å². The second-order valence-corrected chi connectivity index (χ2v) is 8.23. The lowest BCUT2D eigenvalue weighted by Gasteiger charge is -2.13. The number of hydrogen-bond donors (Lipinski definition) is 3. The zero-order valence-corrected chi connectivity index (χ0v) is 19.6. The fourth-order valence-electron chi connectivity index (χ4n) is 3.78. The Labute approximate surface area is 203 Å². The van der Waals surface area contributed by atoms with E-state index in [1.807, 2.05) is 50.2 Å². The summed E-state index contributed by atoms with van der Waals surface area (Å²) < 4.78 is 0. The molecule has 8 nitrogen and oxygen atoms in total. The summed E-state index contributed by atoms with van der Waals surface area (Å²) in [6.07, 6.45) is 8.77. The number of nitrogens with two attached hydrogens (primary N) is 1. The Kier molecular flexibility index (Phi) is 7.11. The maximum Gasteiger partial charge on any atom is 0.248 e. The molecule has 0 saturated heterocycles. The number of primary amides is 1. The topological polar surface area (TPSA) is 123 Å². The van der Waals surface area contributed by atoms with Gasteiger partial charge in [0, 0.05) is 42.5 Å². The molecule has 35 heavy (non-hydrogen) atoms. The molecule has 0 aliphatic rings. The number of amides is 2. The van der Waals surface area contributed by atoms with E-state index in [-0.39, 0.29) is 12.3 Å². The van der Waals surface area contributed by atoms with E-state index in [0.717, 1.165) is 39.1 Å². The minimum atomic E-state index is -0.434. The Morgan fingerprint density at radius 1 is 0.914 bits per heavy atom. The zero-order chi connectivity index (χ0) is 24.8. The number of carbonyl (C=O) groups excluding carboxylic acids is 2. The highest BCUT2D eigenvalue weighted by Gasteiger charge is 2.12. The number of benzene rings is 1. The molecular formula is C27H26N6O2. The maximum atomic E-state index is 12.3. The molecule has 0 bridgehead atoms. The van der Waals surface area contributed by atoms with Crippen LogP contribution in [0.3, 0.4) is 0 Å². The van der Waals surface area contributed by atoms with Crippen LogP contribution in [0.1, 0.15) is 32.6 Å². The Hall–Kier alpha value is -4.59. The van der Waals surface area contributed by atoms with Crippen LogP contribution in [0.4, 0.5) is 11.5 Å². The molecule has 0 saturated carbocycles. The lowest BCUT2D eigenvalue weighted by molar-refractivity contribution is -0.120.